The predicted octanol–water partition coefficient (Wildman–Crippen LogP) is 4.05. The van der Waals surface area contributed by atoms with Gasteiger partial charge < -0.3 is 10.1 Å². The van der Waals surface area contributed by atoms with E-state index in [4.69, 9.17) is 4.74 Å². The van der Waals surface area contributed by atoms with E-state index in [1.165, 1.54) is 12.1 Å². The van der Waals surface area contributed by atoms with E-state index in [-0.39, 0.29) is 18.2 Å². The third kappa shape index (κ3) is 4.56. The van der Waals surface area contributed by atoms with Crippen molar-refractivity contribution in [1.29, 1.82) is 0 Å². The molecule has 1 N–H and O–H groups in total. The molecule has 25 heavy (non-hydrogen) atoms. The van der Waals surface area contributed by atoms with Crippen LogP contribution in [-0.2, 0) is 17.6 Å². The maximum Gasteiger partial charge on any atom is 0.272 e. The highest BCUT2D eigenvalue weighted by molar-refractivity contribution is 5.93. The topological polar surface area (TPSA) is 81.5 Å². The highest BCUT2D eigenvalue weighted by Crippen LogP contribution is 2.24. The lowest BCUT2D eigenvalue weighted by molar-refractivity contribution is -0.385. The first kappa shape index (κ1) is 18.4. The van der Waals surface area contributed by atoms with Crippen LogP contribution in [0.2, 0.25) is 0 Å². The van der Waals surface area contributed by atoms with E-state index in [1.54, 1.807) is 13.0 Å². The Hall–Kier alpha value is -2.89. The van der Waals surface area contributed by atoms with E-state index >= 15 is 0 Å². The first-order valence-corrected chi connectivity index (χ1v) is 8.24. The Morgan fingerprint density at radius 1 is 1.16 bits per heavy atom. The van der Waals surface area contributed by atoms with E-state index in [2.05, 4.69) is 5.32 Å². The van der Waals surface area contributed by atoms with Crippen LogP contribution in [0.15, 0.2) is 36.4 Å². The second-order valence-corrected chi connectivity index (χ2v) is 5.70. The fourth-order valence-electron chi connectivity index (χ4n) is 2.65. The molecule has 0 radical (unpaired) electrons. The van der Waals surface area contributed by atoms with Gasteiger partial charge in [-0.1, -0.05) is 32.0 Å². The van der Waals surface area contributed by atoms with Gasteiger partial charge in [-0.05, 0) is 43.0 Å². The van der Waals surface area contributed by atoms with Crippen molar-refractivity contribution >= 4 is 17.3 Å². The van der Waals surface area contributed by atoms with Crippen LogP contribution in [0.5, 0.6) is 5.75 Å². The number of amides is 1. The average Bonchev–Trinajstić information content (AvgIpc) is 2.59. The van der Waals surface area contributed by atoms with E-state index in [9.17, 15) is 14.9 Å². The van der Waals surface area contributed by atoms with Gasteiger partial charge in [-0.15, -0.1) is 0 Å². The zero-order valence-corrected chi connectivity index (χ0v) is 14.7. The quantitative estimate of drug-likeness (QED) is 0.608. The number of carbonyl (C=O) groups is 1. The molecule has 132 valence electrons. The first-order chi connectivity index (χ1) is 12.0. The second kappa shape index (κ2) is 8.28. The van der Waals surface area contributed by atoms with Crippen molar-refractivity contribution in [3.63, 3.8) is 0 Å². The van der Waals surface area contributed by atoms with Gasteiger partial charge in [-0.25, -0.2) is 0 Å². The van der Waals surface area contributed by atoms with Gasteiger partial charge in [0.05, 0.1) is 4.92 Å². The Morgan fingerprint density at radius 3 is 2.32 bits per heavy atom. The van der Waals surface area contributed by atoms with Crippen molar-refractivity contribution in [2.75, 3.05) is 11.9 Å². The van der Waals surface area contributed by atoms with E-state index in [1.807, 2.05) is 32.0 Å². The molecule has 6 heteroatoms. The van der Waals surface area contributed by atoms with Gasteiger partial charge in [0, 0.05) is 17.3 Å². The van der Waals surface area contributed by atoms with Crippen molar-refractivity contribution in [2.45, 2.75) is 33.6 Å². The monoisotopic (exact) mass is 342 g/mol. The molecule has 0 heterocycles. The smallest absolute Gasteiger partial charge is 0.272 e. The molecule has 0 aliphatic heterocycles. The minimum atomic E-state index is -0.445. The summed E-state index contributed by atoms with van der Waals surface area (Å²) in [6, 6.07) is 10.4. The number of hydrogen-bond acceptors (Lipinski definition) is 4. The van der Waals surface area contributed by atoms with Crippen molar-refractivity contribution < 1.29 is 14.5 Å². The van der Waals surface area contributed by atoms with Crippen molar-refractivity contribution in [3.05, 3.63) is 63.2 Å². The fourth-order valence-corrected chi connectivity index (χ4v) is 2.65. The maximum atomic E-state index is 12.2. The van der Waals surface area contributed by atoms with Crippen LogP contribution in [0.4, 0.5) is 11.4 Å². The minimum absolute atomic E-state index is 0.0289. The van der Waals surface area contributed by atoms with E-state index in [0.717, 1.165) is 29.7 Å². The number of nitro benzene ring substituents is 1. The summed E-state index contributed by atoms with van der Waals surface area (Å²) in [6.45, 7) is 5.57. The number of hydrogen-bond donors (Lipinski definition) is 1. The number of anilines is 1. The minimum Gasteiger partial charge on any atom is -0.484 e. The molecule has 0 aliphatic rings. The molecule has 2 aromatic carbocycles. The van der Waals surface area contributed by atoms with Gasteiger partial charge in [-0.3, -0.25) is 14.9 Å². The summed E-state index contributed by atoms with van der Waals surface area (Å²) >= 11 is 0. The van der Waals surface area contributed by atoms with Crippen LogP contribution in [0, 0.1) is 17.0 Å². The molecule has 0 aromatic heterocycles. The molecule has 0 saturated heterocycles. The summed E-state index contributed by atoms with van der Waals surface area (Å²) in [6.07, 6.45) is 1.65. The summed E-state index contributed by atoms with van der Waals surface area (Å²) in [4.78, 5) is 22.6. The lowest BCUT2D eigenvalue weighted by Gasteiger charge is -2.14. The number of ether oxygens (including phenoxy) is 1. The Balaban J connectivity index is 2.04. The highest BCUT2D eigenvalue weighted by atomic mass is 16.6. The normalized spacial score (nSPS) is 10.4. The van der Waals surface area contributed by atoms with Crippen LogP contribution < -0.4 is 10.1 Å². The largest absolute Gasteiger partial charge is 0.484 e. The van der Waals surface area contributed by atoms with Gasteiger partial charge in [0.25, 0.3) is 11.6 Å². The first-order valence-electron chi connectivity index (χ1n) is 8.24. The van der Waals surface area contributed by atoms with Crippen LogP contribution in [-0.4, -0.2) is 17.4 Å². The summed E-state index contributed by atoms with van der Waals surface area (Å²) in [7, 11) is 0. The molecule has 0 bridgehead atoms. The van der Waals surface area contributed by atoms with E-state index in [0.29, 0.717) is 11.3 Å². The van der Waals surface area contributed by atoms with Gasteiger partial charge in [0.2, 0.25) is 0 Å². The van der Waals surface area contributed by atoms with Gasteiger partial charge >= 0.3 is 0 Å². The summed E-state index contributed by atoms with van der Waals surface area (Å²) in [5, 5.41) is 13.7. The van der Waals surface area contributed by atoms with Crippen LogP contribution in [0.3, 0.4) is 0 Å². The summed E-state index contributed by atoms with van der Waals surface area (Å²) < 4.78 is 5.47. The third-order valence-electron chi connectivity index (χ3n) is 4.00. The molecule has 0 atom stereocenters. The molecular formula is C19H22N2O4. The Morgan fingerprint density at radius 2 is 1.80 bits per heavy atom. The van der Waals surface area contributed by atoms with Crippen LogP contribution >= 0.6 is 0 Å². The van der Waals surface area contributed by atoms with Crippen LogP contribution in [0.25, 0.3) is 0 Å². The number of nitrogens with one attached hydrogen (secondary N) is 1. The molecule has 6 nitrogen and oxygen atoms in total. The SMILES string of the molecule is CCc1cccc(CC)c1NC(=O)COc1ccc([N+](=O)[O-])c(C)c1. The molecule has 0 fully saturated rings. The highest BCUT2D eigenvalue weighted by Gasteiger charge is 2.13. The van der Waals surface area contributed by atoms with Gasteiger partial charge in [-0.2, -0.15) is 0 Å². The predicted molar refractivity (Wildman–Crippen MR) is 97.2 cm³/mol. The van der Waals surface area contributed by atoms with Gasteiger partial charge in [0.1, 0.15) is 5.75 Å². The number of carbonyl (C=O) groups excluding carboxylic acids is 1. The maximum absolute atomic E-state index is 12.2. The number of nitro groups is 1. The Kier molecular flexibility index (Phi) is 6.11. The molecule has 1 amide bonds. The van der Waals surface area contributed by atoms with Crippen molar-refractivity contribution in [2.24, 2.45) is 0 Å². The molecule has 0 saturated carbocycles. The lowest BCUT2D eigenvalue weighted by Crippen LogP contribution is -2.21. The van der Waals surface area contributed by atoms with Crippen LogP contribution in [0.1, 0.15) is 30.5 Å². The summed E-state index contributed by atoms with van der Waals surface area (Å²) in [5.74, 6) is 0.171. The number of benzene rings is 2. The molecular weight excluding hydrogens is 320 g/mol. The standard InChI is InChI=1S/C19H22N2O4/c1-4-14-7-6-8-15(5-2)19(14)20-18(22)12-25-16-9-10-17(21(23)24)13(3)11-16/h6-11H,4-5,12H2,1-3H3,(H,20,22). The zero-order valence-electron chi connectivity index (χ0n) is 14.7. The Bertz CT molecular complexity index is 765. The Labute approximate surface area is 147 Å². The fraction of sp³-hybridized carbons (Fsp3) is 0.316. The zero-order chi connectivity index (χ0) is 18.4. The number of nitrogens with zero attached hydrogens (tertiary/aromatic N) is 1. The van der Waals surface area contributed by atoms with Gasteiger partial charge in [0.15, 0.2) is 6.61 Å². The average molecular weight is 342 g/mol. The molecule has 0 spiro atoms. The number of rotatable bonds is 7. The van der Waals surface area contributed by atoms with Crippen molar-refractivity contribution in [3.8, 4) is 5.75 Å². The number of aryl methyl sites for hydroxylation is 3. The third-order valence-corrected chi connectivity index (χ3v) is 4.00. The number of para-hydroxylation sites is 1. The summed E-state index contributed by atoms with van der Waals surface area (Å²) in [5.41, 5.74) is 3.53. The van der Waals surface area contributed by atoms with Crippen molar-refractivity contribution in [1.82, 2.24) is 0 Å². The molecule has 0 unspecified atom stereocenters. The second-order valence-electron chi connectivity index (χ2n) is 5.70. The molecule has 2 rings (SSSR count). The molecule has 0 aliphatic carbocycles. The van der Waals surface area contributed by atoms with E-state index < -0.39 is 4.92 Å². The lowest BCUT2D eigenvalue weighted by atomic mass is 10.0. The molecule has 2 aromatic rings.